The van der Waals surface area contributed by atoms with Gasteiger partial charge in [-0.25, -0.2) is 0 Å². The predicted molar refractivity (Wildman–Crippen MR) is 258 cm³/mol. The van der Waals surface area contributed by atoms with Crippen molar-refractivity contribution in [3.8, 4) is 33.4 Å². The lowest BCUT2D eigenvalue weighted by atomic mass is 9.67. The molecule has 61 heavy (non-hydrogen) atoms. The van der Waals surface area contributed by atoms with Crippen LogP contribution in [-0.2, 0) is 0 Å². The average Bonchev–Trinajstić information content (AvgIpc) is 3.71. The first-order valence-electron chi connectivity index (χ1n) is 21.9. The summed E-state index contributed by atoms with van der Waals surface area (Å²) in [5.74, 6) is 1.20. The molecule has 2 nitrogen and oxygen atoms in total. The highest BCUT2D eigenvalue weighted by atomic mass is 32.1. The van der Waals surface area contributed by atoms with Crippen LogP contribution in [0.3, 0.4) is 0 Å². The van der Waals surface area contributed by atoms with Gasteiger partial charge >= 0.3 is 0 Å². The second-order valence-corrected chi connectivity index (χ2v) is 18.6. The van der Waals surface area contributed by atoms with Gasteiger partial charge in [0.2, 0.25) is 0 Å². The van der Waals surface area contributed by atoms with Crippen molar-refractivity contribution in [3.05, 3.63) is 226 Å². The molecule has 0 saturated heterocycles. The summed E-state index contributed by atoms with van der Waals surface area (Å²) < 4.78 is 1.33. The summed E-state index contributed by atoms with van der Waals surface area (Å²) >= 11 is 1.94. The smallest absolute Gasteiger partial charge is 0.0864 e. The van der Waals surface area contributed by atoms with E-state index in [1.54, 1.807) is 0 Å². The van der Waals surface area contributed by atoms with Crippen LogP contribution in [0.4, 0.5) is 5.69 Å². The van der Waals surface area contributed by atoms with Crippen molar-refractivity contribution in [2.24, 2.45) is 16.8 Å². The minimum absolute atomic E-state index is 0.0189. The lowest BCUT2D eigenvalue weighted by Crippen LogP contribution is -2.24. The van der Waals surface area contributed by atoms with Crippen molar-refractivity contribution in [1.29, 1.82) is 0 Å². The molecule has 1 N–H and O–H groups in total. The molecule has 0 bridgehead atoms. The van der Waals surface area contributed by atoms with Gasteiger partial charge in [-0.05, 0) is 98.1 Å². The van der Waals surface area contributed by atoms with Gasteiger partial charge < -0.3 is 5.32 Å². The maximum atomic E-state index is 5.40. The van der Waals surface area contributed by atoms with E-state index < -0.39 is 0 Å². The first-order chi connectivity index (χ1) is 30.1. The van der Waals surface area contributed by atoms with Gasteiger partial charge in [-0.2, -0.15) is 0 Å². The first-order valence-corrected chi connectivity index (χ1v) is 22.7. The lowest BCUT2D eigenvalue weighted by molar-refractivity contribution is 0.636. The summed E-state index contributed by atoms with van der Waals surface area (Å²) in [7, 11) is 0. The number of hydrogen-bond acceptors (Lipinski definition) is 3. The molecule has 0 radical (unpaired) electrons. The summed E-state index contributed by atoms with van der Waals surface area (Å²) in [4.78, 5) is 6.80. The van der Waals surface area contributed by atoms with E-state index in [0.717, 1.165) is 18.6 Å². The third-order valence-electron chi connectivity index (χ3n) is 13.7. The number of hydrogen-bond donors (Lipinski definition) is 1. The molecule has 3 heteroatoms. The number of anilines is 1. The largest absolute Gasteiger partial charge is 0.372 e. The molecular weight excluding hydrogens is 757 g/mol. The van der Waals surface area contributed by atoms with Crippen molar-refractivity contribution >= 4 is 38.4 Å². The number of nitrogens with zero attached hydrogens (tertiary/aromatic N) is 1. The van der Waals surface area contributed by atoms with Gasteiger partial charge in [0.25, 0.3) is 0 Å². The van der Waals surface area contributed by atoms with Crippen LogP contribution in [0.2, 0.25) is 0 Å². The Balaban J connectivity index is 0.940. The maximum absolute atomic E-state index is 5.40. The molecule has 0 spiro atoms. The highest BCUT2D eigenvalue weighted by Crippen LogP contribution is 2.57. The molecule has 294 valence electrons. The molecule has 7 aromatic rings. The van der Waals surface area contributed by atoms with E-state index in [1.807, 2.05) is 11.3 Å². The summed E-state index contributed by atoms with van der Waals surface area (Å²) in [6.45, 7) is 4.73. The van der Waals surface area contributed by atoms with E-state index in [-0.39, 0.29) is 12.1 Å². The number of benzene rings is 6. The van der Waals surface area contributed by atoms with Gasteiger partial charge in [-0.15, -0.1) is 11.3 Å². The van der Waals surface area contributed by atoms with Crippen molar-refractivity contribution in [2.75, 3.05) is 5.32 Å². The third-order valence-corrected chi connectivity index (χ3v) is 14.9. The lowest BCUT2D eigenvalue weighted by Gasteiger charge is -2.38. The van der Waals surface area contributed by atoms with Crippen molar-refractivity contribution in [1.82, 2.24) is 0 Å². The zero-order chi connectivity index (χ0) is 40.6. The molecule has 3 heterocycles. The van der Waals surface area contributed by atoms with E-state index in [4.69, 9.17) is 4.99 Å². The van der Waals surface area contributed by atoms with Crippen LogP contribution in [0.5, 0.6) is 0 Å². The highest BCUT2D eigenvalue weighted by Gasteiger charge is 2.38. The average molecular weight is 803 g/mol. The minimum atomic E-state index is 0.0189. The molecule has 0 amide bonds. The summed E-state index contributed by atoms with van der Waals surface area (Å²) in [6.07, 6.45) is 16.3. The summed E-state index contributed by atoms with van der Waals surface area (Å²) in [5.41, 5.74) is 20.9. The number of dihydropyridines is 1. The van der Waals surface area contributed by atoms with Crippen LogP contribution in [0.15, 0.2) is 204 Å². The quantitative estimate of drug-likeness (QED) is 0.184. The number of fused-ring (bicyclic) bond motifs is 11. The Labute approximate surface area is 362 Å². The van der Waals surface area contributed by atoms with Crippen LogP contribution in [0.1, 0.15) is 71.8 Å². The van der Waals surface area contributed by atoms with Crippen LogP contribution in [0, 0.1) is 11.8 Å². The van der Waals surface area contributed by atoms with Gasteiger partial charge in [0.15, 0.2) is 0 Å². The first kappa shape index (κ1) is 36.3. The number of thiophene rings is 1. The zero-order valence-electron chi connectivity index (χ0n) is 34.5. The molecule has 1 aromatic heterocycles. The second-order valence-electron chi connectivity index (χ2n) is 17.5. The van der Waals surface area contributed by atoms with Gasteiger partial charge in [0.05, 0.1) is 23.5 Å². The van der Waals surface area contributed by atoms with Crippen LogP contribution >= 0.6 is 11.3 Å². The highest BCUT2D eigenvalue weighted by molar-refractivity contribution is 7.19. The monoisotopic (exact) mass is 802 g/mol. The van der Waals surface area contributed by atoms with E-state index in [1.165, 1.54) is 98.6 Å². The van der Waals surface area contributed by atoms with Gasteiger partial charge in [-0.3, -0.25) is 4.99 Å². The Bertz CT molecular complexity index is 3100. The minimum Gasteiger partial charge on any atom is -0.372 e. The van der Waals surface area contributed by atoms with Gasteiger partial charge in [-0.1, -0.05) is 184 Å². The van der Waals surface area contributed by atoms with Crippen LogP contribution < -0.4 is 5.32 Å². The van der Waals surface area contributed by atoms with E-state index in [2.05, 4.69) is 201 Å². The Morgan fingerprint density at radius 2 is 1.36 bits per heavy atom. The number of allylic oxidation sites excluding steroid dienone is 7. The fraction of sp³-hybridized carbons (Fsp3) is 0.155. The predicted octanol–water partition coefficient (Wildman–Crippen LogP) is 15.5. The zero-order valence-corrected chi connectivity index (χ0v) is 35.3. The molecule has 4 unspecified atom stereocenters. The normalized spacial score (nSPS) is 22.2. The molecular formula is C58H46N2S. The molecule has 0 saturated carbocycles. The van der Waals surface area contributed by atoms with Crippen molar-refractivity contribution < 1.29 is 0 Å². The van der Waals surface area contributed by atoms with Crippen molar-refractivity contribution in [3.63, 3.8) is 0 Å². The molecule has 6 aromatic carbocycles. The van der Waals surface area contributed by atoms with Crippen LogP contribution in [-0.4, -0.2) is 5.71 Å². The second kappa shape index (κ2) is 14.6. The van der Waals surface area contributed by atoms with E-state index in [0.29, 0.717) is 17.8 Å². The molecule has 2 aliphatic heterocycles. The molecule has 12 rings (SSSR count). The topological polar surface area (TPSA) is 24.4 Å². The Morgan fingerprint density at radius 3 is 2.21 bits per heavy atom. The SMILES string of the molecule is CC1C=CC=C(C2=CC(c3ccccc3)=NC(c3ccc(-c4cccc5c4NC(C4=CC(C)[C@H]6C(=C4)c4ccccc4-c4ccccc46)c4sc6ccccc6c4-5)cc3)C2)C1. The Kier molecular flexibility index (Phi) is 8.68. The third kappa shape index (κ3) is 6.09. The number of nitrogens with one attached hydrogen (secondary N) is 1. The fourth-order valence-electron chi connectivity index (χ4n) is 10.8. The van der Waals surface area contributed by atoms with Crippen LogP contribution in [0.25, 0.3) is 49.0 Å². The van der Waals surface area contributed by atoms with Gasteiger partial charge in [0, 0.05) is 37.6 Å². The Hall–Kier alpha value is -6.55. The number of rotatable bonds is 5. The standard InChI is InChI=1S/C58H46N2S/c1-35-14-12-17-40(30-35)41-33-51(38-15-4-3-5-16-38)59-52(34-41)39-28-26-37(27-29-39)43-23-13-24-49-55-48-22-10-11-25-53(48)61-58(55)56(60-57(43)49)42-31-36(2)54-47-21-9-8-19-45(47)44-18-6-7-20-46(44)50(54)32-42/h3-29,31-33,35-36,52,54,56,60H,30,34H2,1-2H3/t35?,36?,52?,54-,56?/m1/s1. The number of aliphatic imine (C=N–C) groups is 1. The van der Waals surface area contributed by atoms with Gasteiger partial charge in [0.1, 0.15) is 0 Å². The number of para-hydroxylation sites is 1. The molecule has 5 atom stereocenters. The summed E-state index contributed by atoms with van der Waals surface area (Å²) in [5, 5.41) is 5.55. The maximum Gasteiger partial charge on any atom is 0.0864 e. The Morgan fingerprint density at radius 1 is 0.623 bits per heavy atom. The van der Waals surface area contributed by atoms with E-state index in [9.17, 15) is 0 Å². The molecule has 3 aliphatic carbocycles. The molecule has 5 aliphatic rings. The fourth-order valence-corrected chi connectivity index (χ4v) is 12.1. The van der Waals surface area contributed by atoms with E-state index >= 15 is 0 Å². The molecule has 0 fully saturated rings. The summed E-state index contributed by atoms with van der Waals surface area (Å²) in [6, 6.07) is 54.0. The van der Waals surface area contributed by atoms with Crippen molar-refractivity contribution in [2.45, 2.75) is 44.7 Å².